The Bertz CT molecular complexity index is 597. The van der Waals surface area contributed by atoms with Crippen molar-refractivity contribution in [1.29, 1.82) is 0 Å². The fraction of sp³-hybridized carbons (Fsp3) is 0.200. The van der Waals surface area contributed by atoms with Gasteiger partial charge in [0.2, 0.25) is 0 Å². The molecule has 0 saturated carbocycles. The van der Waals surface area contributed by atoms with E-state index in [4.69, 9.17) is 23.2 Å². The summed E-state index contributed by atoms with van der Waals surface area (Å²) in [7, 11) is 0. The summed E-state index contributed by atoms with van der Waals surface area (Å²) in [5, 5.41) is 0.224. The smallest absolute Gasteiger partial charge is 0.129 e. The second-order valence-corrected chi connectivity index (χ2v) is 5.30. The second kappa shape index (κ2) is 5.89. The molecule has 0 saturated heterocycles. The molecule has 2 rings (SSSR count). The van der Waals surface area contributed by atoms with E-state index in [1.165, 1.54) is 12.1 Å². The second-order valence-electron chi connectivity index (χ2n) is 4.36. The van der Waals surface area contributed by atoms with Gasteiger partial charge in [-0.1, -0.05) is 29.8 Å². The molecule has 0 bridgehead atoms. The Hall–Kier alpha value is -1.12. The minimum absolute atomic E-state index is 0.287. The van der Waals surface area contributed by atoms with Gasteiger partial charge >= 0.3 is 0 Å². The SMILES string of the molecule is Cc1c(Cl)cccc1C(Cl)Cc1ccc(F)cc1F. The third kappa shape index (κ3) is 3.26. The van der Waals surface area contributed by atoms with Crippen LogP contribution in [0.3, 0.4) is 0 Å². The van der Waals surface area contributed by atoms with Crippen molar-refractivity contribution in [2.75, 3.05) is 0 Å². The molecule has 0 aromatic heterocycles. The maximum atomic E-state index is 13.6. The third-order valence-corrected chi connectivity index (χ3v) is 3.86. The molecule has 0 radical (unpaired) electrons. The van der Waals surface area contributed by atoms with Crippen molar-refractivity contribution < 1.29 is 8.78 Å². The number of benzene rings is 2. The van der Waals surface area contributed by atoms with Gasteiger partial charge in [-0.2, -0.15) is 0 Å². The van der Waals surface area contributed by atoms with E-state index in [9.17, 15) is 8.78 Å². The normalized spacial score (nSPS) is 12.5. The third-order valence-electron chi connectivity index (χ3n) is 3.06. The highest BCUT2D eigenvalue weighted by Gasteiger charge is 2.15. The van der Waals surface area contributed by atoms with Gasteiger partial charge in [-0.25, -0.2) is 8.78 Å². The van der Waals surface area contributed by atoms with Crippen molar-refractivity contribution in [2.24, 2.45) is 0 Å². The van der Waals surface area contributed by atoms with Crippen molar-refractivity contribution in [3.8, 4) is 0 Å². The van der Waals surface area contributed by atoms with Crippen LogP contribution >= 0.6 is 23.2 Å². The van der Waals surface area contributed by atoms with Crippen LogP contribution in [0.1, 0.15) is 22.1 Å². The molecule has 100 valence electrons. The summed E-state index contributed by atoms with van der Waals surface area (Å²) in [4.78, 5) is 0. The highest BCUT2D eigenvalue weighted by molar-refractivity contribution is 6.31. The Morgan fingerprint density at radius 1 is 1.16 bits per heavy atom. The first-order valence-electron chi connectivity index (χ1n) is 5.82. The van der Waals surface area contributed by atoms with Crippen LogP contribution < -0.4 is 0 Å². The molecule has 19 heavy (non-hydrogen) atoms. The molecule has 1 unspecified atom stereocenters. The summed E-state index contributed by atoms with van der Waals surface area (Å²) < 4.78 is 26.4. The quantitative estimate of drug-likeness (QED) is 0.661. The molecule has 0 nitrogen and oxygen atoms in total. The molecule has 0 aliphatic rings. The van der Waals surface area contributed by atoms with Gasteiger partial charge in [-0.3, -0.25) is 0 Å². The van der Waals surface area contributed by atoms with Crippen LogP contribution in [0.25, 0.3) is 0 Å². The molecule has 4 heteroatoms. The number of alkyl halides is 1. The molecule has 0 aliphatic heterocycles. The average molecular weight is 301 g/mol. The summed E-state index contributed by atoms with van der Waals surface area (Å²) in [5.41, 5.74) is 2.13. The molecular formula is C15H12Cl2F2. The van der Waals surface area contributed by atoms with E-state index in [1.54, 1.807) is 12.1 Å². The standard InChI is InChI=1S/C15H12Cl2F2/c1-9-12(3-2-4-13(9)16)14(17)7-10-5-6-11(18)8-15(10)19/h2-6,8,14H,7H2,1H3. The number of hydrogen-bond donors (Lipinski definition) is 0. The monoisotopic (exact) mass is 300 g/mol. The molecule has 0 amide bonds. The van der Waals surface area contributed by atoms with Gasteiger partial charge in [0.05, 0.1) is 5.38 Å². The number of hydrogen-bond acceptors (Lipinski definition) is 0. The first-order valence-corrected chi connectivity index (χ1v) is 6.63. The topological polar surface area (TPSA) is 0 Å². The minimum Gasteiger partial charge on any atom is -0.207 e. The molecule has 0 aliphatic carbocycles. The van der Waals surface area contributed by atoms with Gasteiger partial charge in [0, 0.05) is 11.1 Å². The zero-order valence-electron chi connectivity index (χ0n) is 10.3. The van der Waals surface area contributed by atoms with E-state index in [0.717, 1.165) is 17.2 Å². The molecule has 2 aromatic rings. The van der Waals surface area contributed by atoms with Gasteiger partial charge in [0.1, 0.15) is 11.6 Å². The molecule has 1 atom stereocenters. The van der Waals surface area contributed by atoms with Gasteiger partial charge in [-0.05, 0) is 42.2 Å². The summed E-state index contributed by atoms with van der Waals surface area (Å²) in [6, 6.07) is 8.96. The lowest BCUT2D eigenvalue weighted by Gasteiger charge is -2.14. The Kier molecular flexibility index (Phi) is 4.43. The lowest BCUT2D eigenvalue weighted by atomic mass is 10.00. The Balaban J connectivity index is 2.25. The predicted molar refractivity (Wildman–Crippen MR) is 74.8 cm³/mol. The van der Waals surface area contributed by atoms with Crippen molar-refractivity contribution in [2.45, 2.75) is 18.7 Å². The van der Waals surface area contributed by atoms with E-state index in [1.807, 2.05) is 13.0 Å². The minimum atomic E-state index is -0.591. The van der Waals surface area contributed by atoms with Crippen LogP contribution in [0, 0.1) is 18.6 Å². The number of halogens is 4. The van der Waals surface area contributed by atoms with Crippen molar-refractivity contribution in [3.05, 3.63) is 69.7 Å². The van der Waals surface area contributed by atoms with Crippen LogP contribution in [-0.2, 0) is 6.42 Å². The van der Waals surface area contributed by atoms with E-state index in [-0.39, 0.29) is 6.42 Å². The predicted octanol–water partition coefficient (Wildman–Crippen LogP) is 5.45. The fourth-order valence-electron chi connectivity index (χ4n) is 1.95. The Morgan fingerprint density at radius 3 is 2.58 bits per heavy atom. The van der Waals surface area contributed by atoms with Crippen LogP contribution in [0.4, 0.5) is 8.78 Å². The van der Waals surface area contributed by atoms with E-state index >= 15 is 0 Å². The molecule has 2 aromatic carbocycles. The molecule has 0 heterocycles. The van der Waals surface area contributed by atoms with E-state index in [0.29, 0.717) is 10.6 Å². The van der Waals surface area contributed by atoms with Crippen LogP contribution in [0.5, 0.6) is 0 Å². The summed E-state index contributed by atoms with van der Waals surface area (Å²) in [6.07, 6.45) is 0.287. The summed E-state index contributed by atoms with van der Waals surface area (Å²) in [6.45, 7) is 1.87. The lowest BCUT2D eigenvalue weighted by molar-refractivity contribution is 0.570. The zero-order valence-corrected chi connectivity index (χ0v) is 11.8. The highest BCUT2D eigenvalue weighted by atomic mass is 35.5. The zero-order chi connectivity index (χ0) is 14.0. The maximum absolute atomic E-state index is 13.6. The van der Waals surface area contributed by atoms with Gasteiger partial charge in [0.25, 0.3) is 0 Å². The molecular weight excluding hydrogens is 289 g/mol. The lowest BCUT2D eigenvalue weighted by Crippen LogP contribution is -2.01. The largest absolute Gasteiger partial charge is 0.207 e. The van der Waals surface area contributed by atoms with Gasteiger partial charge < -0.3 is 0 Å². The fourth-order valence-corrected chi connectivity index (χ4v) is 2.54. The first kappa shape index (κ1) is 14.3. The average Bonchev–Trinajstić information content (AvgIpc) is 2.36. The van der Waals surface area contributed by atoms with Crippen molar-refractivity contribution >= 4 is 23.2 Å². The van der Waals surface area contributed by atoms with E-state index < -0.39 is 17.0 Å². The molecule has 0 fully saturated rings. The molecule has 0 N–H and O–H groups in total. The van der Waals surface area contributed by atoms with Crippen molar-refractivity contribution in [1.82, 2.24) is 0 Å². The van der Waals surface area contributed by atoms with Crippen LogP contribution in [0.2, 0.25) is 5.02 Å². The van der Waals surface area contributed by atoms with Crippen molar-refractivity contribution in [3.63, 3.8) is 0 Å². The van der Waals surface area contributed by atoms with E-state index in [2.05, 4.69) is 0 Å². The summed E-state index contributed by atoms with van der Waals surface area (Å²) in [5.74, 6) is -1.17. The Morgan fingerprint density at radius 2 is 1.89 bits per heavy atom. The highest BCUT2D eigenvalue weighted by Crippen LogP contribution is 2.31. The summed E-state index contributed by atoms with van der Waals surface area (Å²) >= 11 is 12.3. The van der Waals surface area contributed by atoms with Gasteiger partial charge in [-0.15, -0.1) is 11.6 Å². The maximum Gasteiger partial charge on any atom is 0.129 e. The first-order chi connectivity index (χ1) is 8.99. The molecule has 0 spiro atoms. The number of rotatable bonds is 3. The van der Waals surface area contributed by atoms with Crippen LogP contribution in [-0.4, -0.2) is 0 Å². The van der Waals surface area contributed by atoms with Crippen LogP contribution in [0.15, 0.2) is 36.4 Å². The van der Waals surface area contributed by atoms with Gasteiger partial charge in [0.15, 0.2) is 0 Å². The Labute approximate surface area is 121 Å².